The molecule has 7 nitrogen and oxygen atoms in total. The summed E-state index contributed by atoms with van der Waals surface area (Å²) in [7, 11) is 1.63. The molecule has 168 valence electrons. The number of likely N-dealkylation sites (tertiary alicyclic amines) is 1. The first-order valence-corrected chi connectivity index (χ1v) is 11.0. The maximum Gasteiger partial charge on any atom is 0.407 e. The summed E-state index contributed by atoms with van der Waals surface area (Å²) in [6.45, 7) is 6.52. The highest BCUT2D eigenvalue weighted by Gasteiger charge is 2.35. The van der Waals surface area contributed by atoms with Crippen LogP contribution in [0.2, 0.25) is 0 Å². The summed E-state index contributed by atoms with van der Waals surface area (Å²) in [4.78, 5) is 29.9. The summed E-state index contributed by atoms with van der Waals surface area (Å²) in [5.74, 6) is 0.909. The van der Waals surface area contributed by atoms with Gasteiger partial charge >= 0.3 is 6.09 Å². The van der Waals surface area contributed by atoms with Crippen molar-refractivity contribution >= 4 is 23.1 Å². The van der Waals surface area contributed by atoms with E-state index >= 15 is 0 Å². The minimum atomic E-state index is -0.859. The number of carbonyl (C=O) groups is 2. The molecular formula is C25H29N3O4. The minimum absolute atomic E-state index is 0.0429. The predicted molar refractivity (Wildman–Crippen MR) is 123 cm³/mol. The molecule has 2 unspecified atom stereocenters. The molecule has 0 bridgehead atoms. The van der Waals surface area contributed by atoms with E-state index < -0.39 is 6.09 Å². The molecule has 7 heteroatoms. The zero-order chi connectivity index (χ0) is 23.0. The smallest absolute Gasteiger partial charge is 0.407 e. The number of carboxylic acid groups (broad SMARTS) is 1. The SMILES string of the molecule is CNC(=O)c1ccc(-c2ccc3oc(C4CCN(C(=O)O)C(C(C)C)C4)nc3c2)cc1C. The second kappa shape index (κ2) is 8.65. The standard InChI is InChI=1S/C25H29N3O4/c1-14(2)21-13-18(9-10-28(21)25(30)31)24-27-20-12-17(6-8-22(20)32-24)16-5-7-19(15(3)11-16)23(29)26-4/h5-8,11-12,14,18,21H,9-10,13H2,1-4H3,(H,26,29)(H,30,31). The van der Waals surface area contributed by atoms with Crippen molar-refractivity contribution in [2.45, 2.75) is 45.6 Å². The van der Waals surface area contributed by atoms with Gasteiger partial charge in [-0.3, -0.25) is 4.79 Å². The molecule has 4 rings (SSSR count). The Bertz CT molecular complexity index is 1170. The van der Waals surface area contributed by atoms with Gasteiger partial charge in [-0.05, 0) is 60.6 Å². The highest BCUT2D eigenvalue weighted by atomic mass is 16.4. The Morgan fingerprint density at radius 3 is 2.56 bits per heavy atom. The number of nitrogens with zero attached hydrogens (tertiary/aromatic N) is 2. The number of amides is 2. The zero-order valence-corrected chi connectivity index (χ0v) is 18.9. The van der Waals surface area contributed by atoms with E-state index in [1.54, 1.807) is 11.9 Å². The molecule has 2 aromatic carbocycles. The van der Waals surface area contributed by atoms with Gasteiger partial charge in [-0.15, -0.1) is 0 Å². The number of hydrogen-bond donors (Lipinski definition) is 2. The number of piperidine rings is 1. The van der Waals surface area contributed by atoms with Crippen LogP contribution in [0.3, 0.4) is 0 Å². The number of nitrogens with one attached hydrogen (secondary N) is 1. The van der Waals surface area contributed by atoms with Crippen molar-refractivity contribution in [3.05, 3.63) is 53.4 Å². The predicted octanol–water partition coefficient (Wildman–Crippen LogP) is 5.04. The molecule has 1 saturated heterocycles. The molecule has 1 aliphatic rings. The Morgan fingerprint density at radius 1 is 1.19 bits per heavy atom. The summed E-state index contributed by atoms with van der Waals surface area (Å²) >= 11 is 0. The quantitative estimate of drug-likeness (QED) is 0.598. The molecule has 1 aliphatic heterocycles. The topological polar surface area (TPSA) is 95.7 Å². The third kappa shape index (κ3) is 4.07. The van der Waals surface area contributed by atoms with Gasteiger partial charge in [-0.1, -0.05) is 32.0 Å². The van der Waals surface area contributed by atoms with E-state index in [1.165, 1.54) is 0 Å². The first-order valence-electron chi connectivity index (χ1n) is 11.0. The van der Waals surface area contributed by atoms with E-state index in [1.807, 2.05) is 43.3 Å². The fraction of sp³-hybridized carbons (Fsp3) is 0.400. The number of aryl methyl sites for hydroxylation is 1. The molecule has 1 fully saturated rings. The van der Waals surface area contributed by atoms with E-state index in [2.05, 4.69) is 19.2 Å². The lowest BCUT2D eigenvalue weighted by Crippen LogP contribution is -2.47. The number of rotatable bonds is 4. The highest BCUT2D eigenvalue weighted by Crippen LogP contribution is 2.36. The van der Waals surface area contributed by atoms with Crippen LogP contribution in [0.1, 0.15) is 54.4 Å². The Balaban J connectivity index is 1.61. The van der Waals surface area contributed by atoms with E-state index in [0.717, 1.165) is 27.8 Å². The Hall–Kier alpha value is -3.35. The molecule has 2 N–H and O–H groups in total. The molecule has 0 saturated carbocycles. The molecule has 0 radical (unpaired) electrons. The fourth-order valence-corrected chi connectivity index (χ4v) is 4.62. The average molecular weight is 436 g/mol. The molecule has 32 heavy (non-hydrogen) atoms. The maximum atomic E-state index is 12.0. The van der Waals surface area contributed by atoms with Gasteiger partial charge in [0.05, 0.1) is 0 Å². The molecular weight excluding hydrogens is 406 g/mol. The average Bonchev–Trinajstić information content (AvgIpc) is 3.21. The second-order valence-corrected chi connectivity index (χ2v) is 8.85. The van der Waals surface area contributed by atoms with Crippen LogP contribution < -0.4 is 5.32 Å². The summed E-state index contributed by atoms with van der Waals surface area (Å²) in [5.41, 5.74) is 5.10. The van der Waals surface area contributed by atoms with Crippen LogP contribution in [-0.2, 0) is 0 Å². The van der Waals surface area contributed by atoms with Crippen LogP contribution in [-0.4, -0.2) is 46.6 Å². The fourth-order valence-electron chi connectivity index (χ4n) is 4.62. The number of hydrogen-bond acceptors (Lipinski definition) is 4. The summed E-state index contributed by atoms with van der Waals surface area (Å²) in [5, 5.41) is 12.2. The summed E-state index contributed by atoms with van der Waals surface area (Å²) in [6, 6.07) is 11.7. The lowest BCUT2D eigenvalue weighted by molar-refractivity contribution is 0.0794. The minimum Gasteiger partial charge on any atom is -0.465 e. The van der Waals surface area contributed by atoms with Crippen molar-refractivity contribution in [2.75, 3.05) is 13.6 Å². The van der Waals surface area contributed by atoms with Crippen LogP contribution in [0.15, 0.2) is 40.8 Å². The van der Waals surface area contributed by atoms with Crippen molar-refractivity contribution in [3.63, 3.8) is 0 Å². The van der Waals surface area contributed by atoms with E-state index in [-0.39, 0.29) is 23.8 Å². The van der Waals surface area contributed by atoms with Gasteiger partial charge in [0.15, 0.2) is 11.5 Å². The van der Waals surface area contributed by atoms with Gasteiger partial charge in [0, 0.05) is 31.1 Å². The van der Waals surface area contributed by atoms with Crippen LogP contribution in [0, 0.1) is 12.8 Å². The van der Waals surface area contributed by atoms with Gasteiger partial charge in [0.1, 0.15) is 5.52 Å². The second-order valence-electron chi connectivity index (χ2n) is 8.85. The van der Waals surface area contributed by atoms with Gasteiger partial charge in [-0.25, -0.2) is 9.78 Å². The van der Waals surface area contributed by atoms with Crippen molar-refractivity contribution in [1.29, 1.82) is 0 Å². The van der Waals surface area contributed by atoms with E-state index in [0.29, 0.717) is 30.8 Å². The van der Waals surface area contributed by atoms with Gasteiger partial charge in [0.2, 0.25) is 0 Å². The van der Waals surface area contributed by atoms with Crippen molar-refractivity contribution in [3.8, 4) is 11.1 Å². The summed E-state index contributed by atoms with van der Waals surface area (Å²) in [6.07, 6.45) is 0.557. The largest absolute Gasteiger partial charge is 0.465 e. The molecule has 3 aromatic rings. The number of fused-ring (bicyclic) bond motifs is 1. The first-order chi connectivity index (χ1) is 15.3. The molecule has 1 aromatic heterocycles. The lowest BCUT2D eigenvalue weighted by Gasteiger charge is -2.39. The van der Waals surface area contributed by atoms with Gasteiger partial charge in [-0.2, -0.15) is 0 Å². The summed E-state index contributed by atoms with van der Waals surface area (Å²) < 4.78 is 6.08. The van der Waals surface area contributed by atoms with Crippen LogP contribution in [0.4, 0.5) is 4.79 Å². The van der Waals surface area contributed by atoms with Crippen LogP contribution in [0.5, 0.6) is 0 Å². The van der Waals surface area contributed by atoms with E-state index in [4.69, 9.17) is 9.40 Å². The molecule has 2 atom stereocenters. The normalized spacial score (nSPS) is 18.8. The Kier molecular flexibility index (Phi) is 5.91. The zero-order valence-electron chi connectivity index (χ0n) is 18.9. The third-order valence-corrected chi connectivity index (χ3v) is 6.44. The van der Waals surface area contributed by atoms with Gasteiger partial charge in [0.25, 0.3) is 5.91 Å². The molecule has 0 aliphatic carbocycles. The monoisotopic (exact) mass is 435 g/mol. The maximum absolute atomic E-state index is 12.0. The lowest BCUT2D eigenvalue weighted by atomic mass is 9.85. The number of benzene rings is 2. The van der Waals surface area contributed by atoms with Crippen LogP contribution >= 0.6 is 0 Å². The Morgan fingerprint density at radius 2 is 1.91 bits per heavy atom. The number of aromatic nitrogens is 1. The van der Waals surface area contributed by atoms with E-state index in [9.17, 15) is 14.7 Å². The van der Waals surface area contributed by atoms with Crippen molar-refractivity contribution in [1.82, 2.24) is 15.2 Å². The van der Waals surface area contributed by atoms with Crippen molar-refractivity contribution < 1.29 is 19.1 Å². The highest BCUT2D eigenvalue weighted by molar-refractivity contribution is 5.96. The van der Waals surface area contributed by atoms with Crippen molar-refractivity contribution in [2.24, 2.45) is 5.92 Å². The van der Waals surface area contributed by atoms with Gasteiger partial charge < -0.3 is 19.7 Å². The number of oxazole rings is 1. The molecule has 2 amide bonds. The number of carbonyl (C=O) groups excluding carboxylic acids is 1. The molecule has 2 heterocycles. The molecule has 0 spiro atoms. The Labute approximate surface area is 187 Å². The first kappa shape index (κ1) is 21.9. The van der Waals surface area contributed by atoms with Crippen LogP contribution in [0.25, 0.3) is 22.2 Å². The third-order valence-electron chi connectivity index (χ3n) is 6.44.